The van der Waals surface area contributed by atoms with Crippen LogP contribution in [0.4, 0.5) is 0 Å². The fraction of sp³-hybridized carbons (Fsp3) is 0.286. The molecule has 2 N–H and O–H groups in total. The number of aromatic nitrogens is 4. The Morgan fingerprint density at radius 3 is 3.00 bits per heavy atom. The van der Waals surface area contributed by atoms with E-state index in [1.807, 2.05) is 13.1 Å². The fourth-order valence-corrected chi connectivity index (χ4v) is 2.30. The third kappa shape index (κ3) is 2.01. The molecule has 92 valence electrons. The summed E-state index contributed by atoms with van der Waals surface area (Å²) in [6, 6.07) is 6.40. The van der Waals surface area contributed by atoms with Crippen molar-refractivity contribution < 1.29 is 0 Å². The second kappa shape index (κ2) is 4.29. The highest BCUT2D eigenvalue weighted by Gasteiger charge is 2.09. The summed E-state index contributed by atoms with van der Waals surface area (Å²) in [5, 5.41) is 0. The normalized spacial score (nSPS) is 13.0. The van der Waals surface area contributed by atoms with Gasteiger partial charge in [-0.2, -0.15) is 0 Å². The zero-order chi connectivity index (χ0) is 12.5. The van der Waals surface area contributed by atoms with Gasteiger partial charge in [0.1, 0.15) is 11.6 Å². The van der Waals surface area contributed by atoms with Gasteiger partial charge >= 0.3 is 0 Å². The average molecular weight is 240 g/mol. The molecule has 0 aliphatic heterocycles. The number of nitrogens with one attached hydrogen (secondary N) is 2. The largest absolute Gasteiger partial charge is 0.348 e. The van der Waals surface area contributed by atoms with E-state index in [-0.39, 0.29) is 0 Å². The van der Waals surface area contributed by atoms with Gasteiger partial charge in [0.25, 0.3) is 0 Å². The van der Waals surface area contributed by atoms with Crippen LogP contribution in [0, 0.1) is 6.92 Å². The zero-order valence-corrected chi connectivity index (χ0v) is 10.6. The number of nitrogens with zero attached hydrogens (tertiary/aromatic N) is 2. The summed E-state index contributed by atoms with van der Waals surface area (Å²) >= 11 is 0. The molecule has 3 aromatic rings. The van der Waals surface area contributed by atoms with Crippen LogP contribution in [0.25, 0.3) is 11.0 Å². The number of rotatable bonds is 3. The molecule has 1 unspecified atom stereocenters. The number of H-pyrrole nitrogens is 2. The minimum atomic E-state index is 0.387. The molecule has 0 aliphatic carbocycles. The quantitative estimate of drug-likeness (QED) is 0.739. The molecule has 3 rings (SSSR count). The van der Waals surface area contributed by atoms with Gasteiger partial charge in [0, 0.05) is 18.3 Å². The molecule has 4 nitrogen and oxygen atoms in total. The van der Waals surface area contributed by atoms with Gasteiger partial charge in [-0.3, -0.25) is 0 Å². The van der Waals surface area contributed by atoms with Crippen LogP contribution in [0.15, 0.2) is 30.6 Å². The van der Waals surface area contributed by atoms with Crippen LogP contribution >= 0.6 is 0 Å². The second-order valence-electron chi connectivity index (χ2n) is 4.75. The van der Waals surface area contributed by atoms with Crippen molar-refractivity contribution in [3.8, 4) is 0 Å². The van der Waals surface area contributed by atoms with E-state index >= 15 is 0 Å². The third-order valence-electron chi connectivity index (χ3n) is 3.19. The molecule has 0 aliphatic rings. The van der Waals surface area contributed by atoms with Gasteiger partial charge in [0.2, 0.25) is 0 Å². The Morgan fingerprint density at radius 2 is 2.22 bits per heavy atom. The highest BCUT2D eigenvalue weighted by Crippen LogP contribution is 2.20. The third-order valence-corrected chi connectivity index (χ3v) is 3.19. The lowest BCUT2D eigenvalue weighted by molar-refractivity contribution is 0.711. The summed E-state index contributed by atoms with van der Waals surface area (Å²) in [7, 11) is 0. The van der Waals surface area contributed by atoms with Crippen LogP contribution in [0.5, 0.6) is 0 Å². The molecule has 0 radical (unpaired) electrons. The van der Waals surface area contributed by atoms with Crippen molar-refractivity contribution >= 4 is 11.0 Å². The monoisotopic (exact) mass is 240 g/mol. The molecule has 18 heavy (non-hydrogen) atoms. The number of aryl methyl sites for hydroxylation is 1. The van der Waals surface area contributed by atoms with Gasteiger partial charge in [-0.1, -0.05) is 13.0 Å². The predicted octanol–water partition coefficient (Wildman–Crippen LogP) is 2.94. The van der Waals surface area contributed by atoms with Gasteiger partial charge in [-0.05, 0) is 31.0 Å². The maximum atomic E-state index is 4.46. The van der Waals surface area contributed by atoms with Gasteiger partial charge < -0.3 is 9.97 Å². The molecule has 0 saturated carbocycles. The summed E-state index contributed by atoms with van der Waals surface area (Å²) in [6.07, 6.45) is 4.63. The number of hydrogen-bond donors (Lipinski definition) is 2. The van der Waals surface area contributed by atoms with Gasteiger partial charge in [0.05, 0.1) is 11.0 Å². The number of fused-ring (bicyclic) bond motifs is 1. The molecule has 0 bridgehead atoms. The zero-order valence-electron chi connectivity index (χ0n) is 10.6. The van der Waals surface area contributed by atoms with E-state index in [0.29, 0.717) is 5.92 Å². The van der Waals surface area contributed by atoms with Crippen molar-refractivity contribution in [3.63, 3.8) is 0 Å². The Kier molecular flexibility index (Phi) is 2.63. The Hall–Kier alpha value is -2.10. The number of benzene rings is 1. The first-order valence-electron chi connectivity index (χ1n) is 6.17. The smallest absolute Gasteiger partial charge is 0.109 e. The molecule has 2 heterocycles. The van der Waals surface area contributed by atoms with Crippen molar-refractivity contribution in [2.24, 2.45) is 0 Å². The fourth-order valence-electron chi connectivity index (χ4n) is 2.30. The van der Waals surface area contributed by atoms with Crippen molar-refractivity contribution in [1.29, 1.82) is 0 Å². The summed E-state index contributed by atoms with van der Waals surface area (Å²) in [4.78, 5) is 15.2. The molecule has 0 fully saturated rings. The van der Waals surface area contributed by atoms with Crippen LogP contribution in [-0.2, 0) is 6.42 Å². The van der Waals surface area contributed by atoms with Gasteiger partial charge in [-0.25, -0.2) is 9.97 Å². The lowest BCUT2D eigenvalue weighted by Gasteiger charge is -2.08. The molecule has 1 atom stereocenters. The molecular formula is C14H16N4. The van der Waals surface area contributed by atoms with E-state index in [0.717, 1.165) is 29.1 Å². The van der Waals surface area contributed by atoms with E-state index in [1.165, 1.54) is 5.56 Å². The maximum Gasteiger partial charge on any atom is 0.109 e. The maximum absolute atomic E-state index is 4.46. The Morgan fingerprint density at radius 1 is 1.33 bits per heavy atom. The van der Waals surface area contributed by atoms with Gasteiger partial charge in [0.15, 0.2) is 0 Å². The predicted molar refractivity (Wildman–Crippen MR) is 71.5 cm³/mol. The first-order valence-corrected chi connectivity index (χ1v) is 6.17. The van der Waals surface area contributed by atoms with Crippen LogP contribution in [0.2, 0.25) is 0 Å². The van der Waals surface area contributed by atoms with Crippen molar-refractivity contribution in [3.05, 3.63) is 47.8 Å². The first-order chi connectivity index (χ1) is 8.72. The number of imidazole rings is 2. The van der Waals surface area contributed by atoms with E-state index < -0.39 is 0 Å². The van der Waals surface area contributed by atoms with E-state index in [9.17, 15) is 0 Å². The molecule has 4 heteroatoms. The first kappa shape index (κ1) is 11.0. The Bertz CT molecular complexity index is 652. The molecule has 2 aromatic heterocycles. The minimum absolute atomic E-state index is 0.387. The highest BCUT2D eigenvalue weighted by molar-refractivity contribution is 5.75. The van der Waals surface area contributed by atoms with E-state index in [4.69, 9.17) is 0 Å². The second-order valence-corrected chi connectivity index (χ2v) is 4.75. The standard InChI is InChI=1S/C14H16N4/c1-9(14-15-5-6-16-14)7-11-3-4-12-13(8-11)18-10(2)17-12/h3-6,8-9H,7H2,1-2H3,(H,15,16)(H,17,18). The Labute approximate surface area is 105 Å². The summed E-state index contributed by atoms with van der Waals surface area (Å²) < 4.78 is 0. The topological polar surface area (TPSA) is 57.4 Å². The summed E-state index contributed by atoms with van der Waals surface area (Å²) in [6.45, 7) is 4.16. The number of aromatic amines is 2. The summed E-state index contributed by atoms with van der Waals surface area (Å²) in [5.41, 5.74) is 3.43. The molecule has 0 spiro atoms. The SMILES string of the molecule is Cc1nc2cc(CC(C)c3ncc[nH]3)ccc2[nH]1. The van der Waals surface area contributed by atoms with E-state index in [1.54, 1.807) is 6.20 Å². The van der Waals surface area contributed by atoms with Crippen LogP contribution in [-0.4, -0.2) is 19.9 Å². The lowest BCUT2D eigenvalue weighted by Crippen LogP contribution is -2.00. The molecular weight excluding hydrogens is 224 g/mol. The van der Waals surface area contributed by atoms with Crippen molar-refractivity contribution in [1.82, 2.24) is 19.9 Å². The van der Waals surface area contributed by atoms with Crippen molar-refractivity contribution in [2.75, 3.05) is 0 Å². The van der Waals surface area contributed by atoms with Gasteiger partial charge in [-0.15, -0.1) is 0 Å². The lowest BCUT2D eigenvalue weighted by atomic mass is 10.0. The summed E-state index contributed by atoms with van der Waals surface area (Å²) in [5.74, 6) is 2.38. The van der Waals surface area contributed by atoms with Crippen LogP contribution in [0.1, 0.15) is 30.1 Å². The molecule has 0 amide bonds. The highest BCUT2D eigenvalue weighted by atomic mass is 14.9. The molecule has 0 saturated heterocycles. The van der Waals surface area contributed by atoms with Crippen LogP contribution < -0.4 is 0 Å². The van der Waals surface area contributed by atoms with Crippen molar-refractivity contribution in [2.45, 2.75) is 26.2 Å². The number of hydrogen-bond acceptors (Lipinski definition) is 2. The van der Waals surface area contributed by atoms with E-state index in [2.05, 4.69) is 45.1 Å². The van der Waals surface area contributed by atoms with Crippen LogP contribution in [0.3, 0.4) is 0 Å². The Balaban J connectivity index is 1.86. The molecule has 1 aromatic carbocycles. The minimum Gasteiger partial charge on any atom is -0.348 e. The average Bonchev–Trinajstić information content (AvgIpc) is 2.95.